The van der Waals surface area contributed by atoms with Gasteiger partial charge in [0.05, 0.1) is 19.1 Å². The van der Waals surface area contributed by atoms with Crippen LogP contribution in [0.2, 0.25) is 0 Å². The summed E-state index contributed by atoms with van der Waals surface area (Å²) in [6.45, 7) is 18.0. The van der Waals surface area contributed by atoms with Gasteiger partial charge in [0.25, 0.3) is 0 Å². The summed E-state index contributed by atoms with van der Waals surface area (Å²) in [5.41, 5.74) is -0.526. The fourth-order valence-electron chi connectivity index (χ4n) is 3.28. The molecule has 1 aliphatic heterocycles. The van der Waals surface area contributed by atoms with Gasteiger partial charge in [-0.15, -0.1) is 24.0 Å². The minimum absolute atomic E-state index is 0. The van der Waals surface area contributed by atoms with Gasteiger partial charge in [-0.2, -0.15) is 5.10 Å². The van der Waals surface area contributed by atoms with Crippen LogP contribution in [0.1, 0.15) is 79.4 Å². The molecule has 2 unspecified atom stereocenters. The second-order valence-electron chi connectivity index (χ2n) is 9.82. The summed E-state index contributed by atoms with van der Waals surface area (Å²) >= 11 is 0. The van der Waals surface area contributed by atoms with Gasteiger partial charge < -0.3 is 20.7 Å². The standard InChI is InChI=1S/C22H41N7O2.HI/c1-9-23-20(24-12-17(14(2)3)26-21(30)31-22(6,7)8)25-16-10-11-18-27-19(15(4)5)28-29(18)13-16;/h14-17H,9-13H2,1-8H3,(H,26,30)(H2,23,24,25);1H. The van der Waals surface area contributed by atoms with E-state index in [-0.39, 0.29) is 42.0 Å². The zero-order chi connectivity index (χ0) is 23.2. The van der Waals surface area contributed by atoms with E-state index >= 15 is 0 Å². The van der Waals surface area contributed by atoms with Crippen molar-refractivity contribution in [3.63, 3.8) is 0 Å². The molecule has 1 aromatic rings. The fourth-order valence-corrected chi connectivity index (χ4v) is 3.28. The number of amides is 1. The van der Waals surface area contributed by atoms with Crippen LogP contribution in [0.5, 0.6) is 0 Å². The molecule has 9 nitrogen and oxygen atoms in total. The topological polar surface area (TPSA) is 105 Å². The van der Waals surface area contributed by atoms with Crippen molar-refractivity contribution < 1.29 is 9.53 Å². The highest BCUT2D eigenvalue weighted by molar-refractivity contribution is 14.0. The minimum atomic E-state index is -0.526. The van der Waals surface area contributed by atoms with Crippen molar-refractivity contribution in [1.29, 1.82) is 0 Å². The normalized spacial score (nSPS) is 17.4. The molecular formula is C22H42IN7O2. The first-order valence-electron chi connectivity index (χ1n) is 11.5. The zero-order valence-corrected chi connectivity index (χ0v) is 23.2. The number of fused-ring (bicyclic) bond motifs is 1. The van der Waals surface area contributed by atoms with Gasteiger partial charge in [-0.25, -0.2) is 14.5 Å². The highest BCUT2D eigenvalue weighted by atomic mass is 127. The Labute approximate surface area is 210 Å². The minimum Gasteiger partial charge on any atom is -0.444 e. The number of aromatic nitrogens is 3. The average Bonchev–Trinajstić information content (AvgIpc) is 3.07. The van der Waals surface area contributed by atoms with Gasteiger partial charge in [-0.05, 0) is 40.0 Å². The number of hydrogen-bond donors (Lipinski definition) is 3. The van der Waals surface area contributed by atoms with Crippen molar-refractivity contribution in [2.75, 3.05) is 13.1 Å². The molecule has 0 spiro atoms. The first-order chi connectivity index (χ1) is 14.5. The molecular weight excluding hydrogens is 521 g/mol. The summed E-state index contributed by atoms with van der Waals surface area (Å²) < 4.78 is 7.42. The summed E-state index contributed by atoms with van der Waals surface area (Å²) in [5, 5.41) is 14.5. The number of alkyl carbamates (subject to hydrolysis) is 1. The monoisotopic (exact) mass is 563 g/mol. The quantitative estimate of drug-likeness (QED) is 0.267. The van der Waals surface area contributed by atoms with Gasteiger partial charge in [-0.3, -0.25) is 4.99 Å². The van der Waals surface area contributed by atoms with Crippen LogP contribution >= 0.6 is 24.0 Å². The molecule has 0 fully saturated rings. The van der Waals surface area contributed by atoms with E-state index in [1.165, 1.54) is 0 Å². The van der Waals surface area contributed by atoms with Crippen LogP contribution < -0.4 is 16.0 Å². The molecule has 1 aliphatic rings. The number of carbonyl (C=O) groups is 1. The molecule has 1 amide bonds. The third-order valence-electron chi connectivity index (χ3n) is 5.03. The number of guanidine groups is 1. The van der Waals surface area contributed by atoms with Crippen LogP contribution in [0.4, 0.5) is 4.79 Å². The lowest BCUT2D eigenvalue weighted by atomic mass is 10.1. The van der Waals surface area contributed by atoms with Crippen LogP contribution in [-0.2, 0) is 17.7 Å². The first kappa shape index (κ1) is 28.4. The Balaban J connectivity index is 0.00000512. The highest BCUT2D eigenvalue weighted by Gasteiger charge is 2.24. The molecule has 10 heteroatoms. The molecule has 0 bridgehead atoms. The Morgan fingerprint density at radius 2 is 1.97 bits per heavy atom. The smallest absolute Gasteiger partial charge is 0.407 e. The maximum absolute atomic E-state index is 12.2. The van der Waals surface area contributed by atoms with Crippen LogP contribution in [0, 0.1) is 5.92 Å². The van der Waals surface area contributed by atoms with Crippen molar-refractivity contribution in [3.05, 3.63) is 11.6 Å². The number of nitrogens with one attached hydrogen (secondary N) is 3. The molecule has 0 saturated heterocycles. The second kappa shape index (κ2) is 12.6. The predicted octanol–water partition coefficient (Wildman–Crippen LogP) is 3.44. The van der Waals surface area contributed by atoms with Crippen LogP contribution in [-0.4, -0.2) is 57.6 Å². The van der Waals surface area contributed by atoms with E-state index in [1.54, 1.807) is 0 Å². The second-order valence-corrected chi connectivity index (χ2v) is 9.82. The van der Waals surface area contributed by atoms with Crippen LogP contribution in [0.15, 0.2) is 4.99 Å². The van der Waals surface area contributed by atoms with E-state index in [0.29, 0.717) is 12.5 Å². The third kappa shape index (κ3) is 9.11. The number of nitrogens with zero attached hydrogens (tertiary/aromatic N) is 4. The number of aryl methyl sites for hydroxylation is 1. The fraction of sp³-hybridized carbons (Fsp3) is 0.818. The van der Waals surface area contributed by atoms with E-state index < -0.39 is 11.7 Å². The largest absolute Gasteiger partial charge is 0.444 e. The maximum Gasteiger partial charge on any atom is 0.407 e. The third-order valence-corrected chi connectivity index (χ3v) is 5.03. The Morgan fingerprint density at radius 1 is 1.28 bits per heavy atom. The van der Waals surface area contributed by atoms with Crippen molar-refractivity contribution in [2.24, 2.45) is 10.9 Å². The Bertz CT molecular complexity index is 756. The number of hydrogen-bond acceptors (Lipinski definition) is 5. The van der Waals surface area contributed by atoms with Gasteiger partial charge in [0.2, 0.25) is 0 Å². The molecule has 2 atom stereocenters. The predicted molar refractivity (Wildman–Crippen MR) is 139 cm³/mol. The highest BCUT2D eigenvalue weighted by Crippen LogP contribution is 2.17. The Kier molecular flexibility index (Phi) is 11.2. The van der Waals surface area contributed by atoms with Crippen molar-refractivity contribution in [3.8, 4) is 0 Å². The molecule has 2 rings (SSSR count). The molecule has 184 valence electrons. The summed E-state index contributed by atoms with van der Waals surface area (Å²) in [7, 11) is 0. The maximum atomic E-state index is 12.2. The molecule has 3 N–H and O–H groups in total. The van der Waals surface area contributed by atoms with Gasteiger partial charge in [0.15, 0.2) is 11.8 Å². The summed E-state index contributed by atoms with van der Waals surface area (Å²) in [4.78, 5) is 21.6. The van der Waals surface area contributed by atoms with Crippen molar-refractivity contribution >= 4 is 36.0 Å². The van der Waals surface area contributed by atoms with Crippen molar-refractivity contribution in [2.45, 2.75) is 98.4 Å². The zero-order valence-electron chi connectivity index (χ0n) is 20.9. The number of aliphatic imine (C=N–C) groups is 1. The summed E-state index contributed by atoms with van der Waals surface area (Å²) in [5.74, 6) is 3.26. The van der Waals surface area contributed by atoms with E-state index in [2.05, 4.69) is 53.7 Å². The summed E-state index contributed by atoms with van der Waals surface area (Å²) in [6.07, 6.45) is 1.46. The molecule has 0 saturated carbocycles. The number of carbonyl (C=O) groups excluding carboxylic acids is 1. The van der Waals surface area contributed by atoms with Gasteiger partial charge in [0.1, 0.15) is 11.4 Å². The van der Waals surface area contributed by atoms with Crippen molar-refractivity contribution in [1.82, 2.24) is 30.7 Å². The van der Waals surface area contributed by atoms with E-state index in [9.17, 15) is 4.79 Å². The van der Waals surface area contributed by atoms with Crippen LogP contribution in [0.3, 0.4) is 0 Å². The average molecular weight is 564 g/mol. The molecule has 0 aromatic carbocycles. The number of halogens is 1. The van der Waals surface area contributed by atoms with Gasteiger partial charge in [0, 0.05) is 24.9 Å². The van der Waals surface area contributed by atoms with Crippen LogP contribution in [0.25, 0.3) is 0 Å². The molecule has 2 heterocycles. The number of ether oxygens (including phenoxy) is 1. The van der Waals surface area contributed by atoms with E-state index in [0.717, 1.165) is 43.5 Å². The molecule has 1 aromatic heterocycles. The SMILES string of the molecule is CCNC(=NCC(NC(=O)OC(C)(C)C)C(C)C)NC1CCc2nc(C(C)C)nn2C1.I. The number of rotatable bonds is 7. The van der Waals surface area contributed by atoms with E-state index in [4.69, 9.17) is 9.73 Å². The molecule has 0 radical (unpaired) electrons. The summed E-state index contributed by atoms with van der Waals surface area (Å²) in [6, 6.07) is 0.107. The Morgan fingerprint density at radius 3 is 2.53 bits per heavy atom. The molecule has 32 heavy (non-hydrogen) atoms. The first-order valence-corrected chi connectivity index (χ1v) is 11.5. The van der Waals surface area contributed by atoms with E-state index in [1.807, 2.05) is 32.4 Å². The lowest BCUT2D eigenvalue weighted by Gasteiger charge is -2.27. The van der Waals surface area contributed by atoms with Gasteiger partial charge >= 0.3 is 6.09 Å². The van der Waals surface area contributed by atoms with Gasteiger partial charge in [-0.1, -0.05) is 27.7 Å². The molecule has 0 aliphatic carbocycles. The Hall–Kier alpha value is -1.59. The lowest BCUT2D eigenvalue weighted by molar-refractivity contribution is 0.0493. The lowest BCUT2D eigenvalue weighted by Crippen LogP contribution is -2.48.